The number of amides is 1. The van der Waals surface area contributed by atoms with Gasteiger partial charge in [0.2, 0.25) is 0 Å². The van der Waals surface area contributed by atoms with E-state index < -0.39 is 46.9 Å². The van der Waals surface area contributed by atoms with Gasteiger partial charge in [0.25, 0.3) is 0 Å². The number of carbonyl (C=O) groups is 3. The number of hydrogen-bond acceptors (Lipinski definition) is 4. The highest BCUT2D eigenvalue weighted by Crippen LogP contribution is 2.64. The van der Waals surface area contributed by atoms with E-state index in [1.165, 1.54) is 0 Å². The summed E-state index contributed by atoms with van der Waals surface area (Å²) in [6.45, 7) is 8.73. The number of rotatable bonds is 3. The number of aliphatic carboxylic acids is 2. The van der Waals surface area contributed by atoms with Crippen LogP contribution in [0.4, 0.5) is 4.79 Å². The van der Waals surface area contributed by atoms with Gasteiger partial charge in [0.05, 0.1) is 5.92 Å². The van der Waals surface area contributed by atoms with Crippen LogP contribution in [-0.4, -0.2) is 39.4 Å². The summed E-state index contributed by atoms with van der Waals surface area (Å²) < 4.78 is 5.08. The number of hydrogen-bond donors (Lipinski definition) is 3. The van der Waals surface area contributed by atoms with Crippen LogP contribution in [0.5, 0.6) is 0 Å². The number of nitrogens with one attached hydrogen (secondary N) is 1. The van der Waals surface area contributed by atoms with Gasteiger partial charge in [-0.3, -0.25) is 4.79 Å². The molecule has 0 radical (unpaired) electrons. The Balaban J connectivity index is 2.23. The Hall–Kier alpha value is -2.05. The van der Waals surface area contributed by atoms with Crippen LogP contribution < -0.4 is 5.32 Å². The first kappa shape index (κ1) is 15.3. The summed E-state index contributed by atoms with van der Waals surface area (Å²) in [6, 6.07) is 0. The Morgan fingerprint density at radius 3 is 2.29 bits per heavy atom. The SMILES string of the molecule is C=C1C[C@@](NC(=O)OC(C)(C)C)(C(=O)O)C2[C@@H]1[C@@H]2C(=O)O. The molecule has 2 aliphatic rings. The lowest BCUT2D eigenvalue weighted by molar-refractivity contribution is -0.146. The molecule has 2 fully saturated rings. The van der Waals surface area contributed by atoms with Crippen LogP contribution in [0.2, 0.25) is 0 Å². The van der Waals surface area contributed by atoms with Crippen LogP contribution in [0.15, 0.2) is 12.2 Å². The van der Waals surface area contributed by atoms with Gasteiger partial charge in [0.15, 0.2) is 0 Å². The first-order valence-corrected chi connectivity index (χ1v) is 6.64. The third kappa shape index (κ3) is 2.48. The molecule has 0 saturated heterocycles. The predicted octanol–water partition coefficient (Wildman–Crippen LogP) is 1.24. The van der Waals surface area contributed by atoms with Crippen LogP contribution in [0.3, 0.4) is 0 Å². The van der Waals surface area contributed by atoms with Crippen molar-refractivity contribution >= 4 is 18.0 Å². The largest absolute Gasteiger partial charge is 0.481 e. The van der Waals surface area contributed by atoms with Crippen molar-refractivity contribution in [1.29, 1.82) is 0 Å². The van der Waals surface area contributed by atoms with Crippen LogP contribution in [0, 0.1) is 17.8 Å². The van der Waals surface area contributed by atoms with Gasteiger partial charge in [-0.15, -0.1) is 0 Å². The van der Waals surface area contributed by atoms with Crippen molar-refractivity contribution in [3.05, 3.63) is 12.2 Å². The van der Waals surface area contributed by atoms with Crippen LogP contribution >= 0.6 is 0 Å². The Bertz CT molecular complexity index is 530. The van der Waals surface area contributed by atoms with E-state index >= 15 is 0 Å². The summed E-state index contributed by atoms with van der Waals surface area (Å²) in [5, 5.41) is 21.0. The lowest BCUT2D eigenvalue weighted by atomic mass is 9.89. The zero-order valence-corrected chi connectivity index (χ0v) is 12.2. The average molecular weight is 297 g/mol. The van der Waals surface area contributed by atoms with Crippen molar-refractivity contribution in [3.8, 4) is 0 Å². The van der Waals surface area contributed by atoms with Gasteiger partial charge >= 0.3 is 18.0 Å². The zero-order valence-electron chi connectivity index (χ0n) is 12.2. The molecule has 0 aliphatic heterocycles. The molecule has 0 bridgehead atoms. The normalized spacial score (nSPS) is 34.0. The highest BCUT2D eigenvalue weighted by atomic mass is 16.6. The minimum absolute atomic E-state index is 0.0285. The maximum Gasteiger partial charge on any atom is 0.408 e. The number of ether oxygens (including phenoxy) is 1. The molecule has 7 heteroatoms. The quantitative estimate of drug-likeness (QED) is 0.675. The minimum Gasteiger partial charge on any atom is -0.481 e. The van der Waals surface area contributed by atoms with Crippen molar-refractivity contribution < 1.29 is 29.3 Å². The maximum atomic E-state index is 11.9. The number of alkyl carbamates (subject to hydrolysis) is 1. The molecule has 1 unspecified atom stereocenters. The number of carboxylic acid groups (broad SMARTS) is 2. The van der Waals surface area contributed by atoms with E-state index in [2.05, 4.69) is 11.9 Å². The molecular weight excluding hydrogens is 278 g/mol. The number of carbonyl (C=O) groups excluding carboxylic acids is 1. The van der Waals surface area contributed by atoms with E-state index in [0.29, 0.717) is 5.57 Å². The molecule has 3 N–H and O–H groups in total. The molecule has 2 aliphatic carbocycles. The van der Waals surface area contributed by atoms with E-state index in [1.807, 2.05) is 0 Å². The Kier molecular flexibility index (Phi) is 3.27. The summed E-state index contributed by atoms with van der Waals surface area (Å²) in [5.74, 6) is -4.20. The van der Waals surface area contributed by atoms with Gasteiger partial charge in [0.1, 0.15) is 11.1 Å². The molecule has 0 aromatic heterocycles. The molecule has 0 spiro atoms. The van der Waals surface area contributed by atoms with E-state index in [4.69, 9.17) is 9.84 Å². The summed E-state index contributed by atoms with van der Waals surface area (Å²) in [7, 11) is 0. The molecule has 116 valence electrons. The summed E-state index contributed by atoms with van der Waals surface area (Å²) in [6.07, 6.45) is -0.838. The lowest BCUT2D eigenvalue weighted by Gasteiger charge is -2.30. The molecule has 7 nitrogen and oxygen atoms in total. The molecule has 0 heterocycles. The monoisotopic (exact) mass is 297 g/mol. The second-order valence-corrected chi connectivity index (χ2v) is 6.65. The molecule has 4 atom stereocenters. The fraction of sp³-hybridized carbons (Fsp3) is 0.643. The first-order chi connectivity index (χ1) is 9.49. The summed E-state index contributed by atoms with van der Waals surface area (Å²) in [4.78, 5) is 34.7. The van der Waals surface area contributed by atoms with Crippen LogP contribution in [0.1, 0.15) is 27.2 Å². The number of fused-ring (bicyclic) bond motifs is 1. The van der Waals surface area contributed by atoms with Gasteiger partial charge in [-0.05, 0) is 26.7 Å². The van der Waals surface area contributed by atoms with Crippen molar-refractivity contribution in [1.82, 2.24) is 5.32 Å². The standard InChI is InChI=1S/C14H19NO6/c1-6-5-14(11(18)19,9-7(6)8(9)10(16)17)15-12(20)21-13(2,3)4/h7-9H,1,5H2,2-4H3,(H,15,20)(H,16,17)(H,18,19)/t7-,8-,9?,14-/m0/s1. The average Bonchev–Trinajstić information content (AvgIpc) is 2.94. The fourth-order valence-electron chi connectivity index (χ4n) is 3.22. The van der Waals surface area contributed by atoms with Crippen LogP contribution in [0.25, 0.3) is 0 Å². The van der Waals surface area contributed by atoms with Gasteiger partial charge < -0.3 is 20.3 Å². The Labute approximate surface area is 122 Å². The smallest absolute Gasteiger partial charge is 0.408 e. The molecule has 1 amide bonds. The molecular formula is C14H19NO6. The minimum atomic E-state index is -1.65. The molecule has 2 rings (SSSR count). The van der Waals surface area contributed by atoms with Crippen molar-refractivity contribution in [2.24, 2.45) is 17.8 Å². The Morgan fingerprint density at radius 1 is 1.33 bits per heavy atom. The highest BCUT2D eigenvalue weighted by molar-refractivity contribution is 5.90. The van der Waals surface area contributed by atoms with E-state index in [-0.39, 0.29) is 6.42 Å². The van der Waals surface area contributed by atoms with Gasteiger partial charge in [-0.1, -0.05) is 12.2 Å². The summed E-state index contributed by atoms with van der Waals surface area (Å²) in [5.41, 5.74) is -1.87. The summed E-state index contributed by atoms with van der Waals surface area (Å²) >= 11 is 0. The van der Waals surface area contributed by atoms with Crippen molar-refractivity contribution in [2.75, 3.05) is 0 Å². The van der Waals surface area contributed by atoms with Crippen molar-refractivity contribution in [3.63, 3.8) is 0 Å². The van der Waals surface area contributed by atoms with E-state index in [1.54, 1.807) is 20.8 Å². The predicted molar refractivity (Wildman–Crippen MR) is 71.6 cm³/mol. The topological polar surface area (TPSA) is 113 Å². The molecule has 21 heavy (non-hydrogen) atoms. The molecule has 0 aromatic rings. The Morgan fingerprint density at radius 2 is 1.90 bits per heavy atom. The van der Waals surface area contributed by atoms with E-state index in [0.717, 1.165) is 0 Å². The first-order valence-electron chi connectivity index (χ1n) is 6.64. The van der Waals surface area contributed by atoms with Gasteiger partial charge in [-0.2, -0.15) is 0 Å². The van der Waals surface area contributed by atoms with Gasteiger partial charge in [0, 0.05) is 12.3 Å². The second kappa shape index (κ2) is 4.47. The molecule has 2 saturated carbocycles. The van der Waals surface area contributed by atoms with Crippen molar-refractivity contribution in [2.45, 2.75) is 38.3 Å². The lowest BCUT2D eigenvalue weighted by Crippen LogP contribution is -2.56. The second-order valence-electron chi connectivity index (χ2n) is 6.65. The van der Waals surface area contributed by atoms with Crippen LogP contribution in [-0.2, 0) is 14.3 Å². The third-order valence-corrected chi connectivity index (χ3v) is 3.96. The fourth-order valence-corrected chi connectivity index (χ4v) is 3.22. The third-order valence-electron chi connectivity index (χ3n) is 3.96. The zero-order chi connectivity index (χ0) is 16.2. The highest BCUT2D eigenvalue weighted by Gasteiger charge is 2.73. The van der Waals surface area contributed by atoms with E-state index in [9.17, 15) is 19.5 Å². The van der Waals surface area contributed by atoms with Gasteiger partial charge in [-0.25, -0.2) is 9.59 Å². The number of carboxylic acids is 2. The molecule has 0 aromatic carbocycles. The maximum absolute atomic E-state index is 11.9.